The Labute approximate surface area is 205 Å². The van der Waals surface area contributed by atoms with E-state index in [-0.39, 0.29) is 25.0 Å². The third-order valence-electron chi connectivity index (χ3n) is 6.42. The molecule has 2 aliphatic rings. The van der Waals surface area contributed by atoms with Crippen LogP contribution >= 0.6 is 0 Å². The topological polar surface area (TPSA) is 91.4 Å². The second-order valence-corrected chi connectivity index (χ2v) is 9.09. The number of carbonyl (C=O) groups is 3. The third-order valence-corrected chi connectivity index (χ3v) is 6.42. The van der Waals surface area contributed by atoms with Gasteiger partial charge < -0.3 is 24.6 Å². The number of carbonyl (C=O) groups excluding carboxylic acids is 3. The number of amides is 3. The van der Waals surface area contributed by atoms with E-state index in [0.717, 1.165) is 24.2 Å². The summed E-state index contributed by atoms with van der Waals surface area (Å²) in [6.07, 6.45) is -1.26. The van der Waals surface area contributed by atoms with Crippen LogP contribution in [0, 0.1) is 6.92 Å². The van der Waals surface area contributed by atoms with Crippen molar-refractivity contribution in [2.45, 2.75) is 25.6 Å². The summed E-state index contributed by atoms with van der Waals surface area (Å²) in [5.74, 6) is -0.376. The molecule has 35 heavy (non-hydrogen) atoms. The zero-order valence-corrected chi connectivity index (χ0v) is 20.4. The molecule has 9 nitrogen and oxygen atoms in total. The molecular weight excluding hydrogens is 448 g/mol. The zero-order chi connectivity index (χ0) is 24.9. The van der Waals surface area contributed by atoms with E-state index < -0.39 is 18.2 Å². The summed E-state index contributed by atoms with van der Waals surface area (Å²) in [7, 11) is 3.49. The lowest BCUT2D eigenvalue weighted by Crippen LogP contribution is -2.54. The Morgan fingerprint density at radius 3 is 2.31 bits per heavy atom. The van der Waals surface area contributed by atoms with Crippen LogP contribution in [0.2, 0.25) is 0 Å². The SMILES string of the molecule is COCC(=O)Nc1ccc(C2OC(=O)N(Cc3ccc(C)cc3)C2C(=O)N2CCN(C)CC2)cc1. The third kappa shape index (κ3) is 5.80. The number of piperazine rings is 1. The molecule has 2 fully saturated rings. The minimum Gasteiger partial charge on any atom is -0.438 e. The molecule has 2 saturated heterocycles. The first kappa shape index (κ1) is 24.7. The number of likely N-dealkylation sites (N-methyl/N-ethyl adjacent to an activating group) is 1. The van der Waals surface area contributed by atoms with E-state index in [2.05, 4.69) is 10.2 Å². The van der Waals surface area contributed by atoms with Crippen molar-refractivity contribution in [2.24, 2.45) is 0 Å². The van der Waals surface area contributed by atoms with Crippen molar-refractivity contribution in [1.29, 1.82) is 0 Å². The number of nitrogens with one attached hydrogen (secondary N) is 1. The van der Waals surface area contributed by atoms with Gasteiger partial charge in [0, 0.05) is 39.0 Å². The summed E-state index contributed by atoms with van der Waals surface area (Å²) in [5.41, 5.74) is 3.35. The maximum Gasteiger partial charge on any atom is 0.411 e. The molecule has 2 atom stereocenters. The largest absolute Gasteiger partial charge is 0.438 e. The van der Waals surface area contributed by atoms with Crippen LogP contribution in [0.4, 0.5) is 10.5 Å². The summed E-state index contributed by atoms with van der Waals surface area (Å²) in [4.78, 5) is 44.1. The molecule has 0 aromatic heterocycles. The smallest absolute Gasteiger partial charge is 0.411 e. The average molecular weight is 481 g/mol. The Hall–Kier alpha value is -3.43. The van der Waals surface area contributed by atoms with Gasteiger partial charge in [-0.15, -0.1) is 0 Å². The highest BCUT2D eigenvalue weighted by Crippen LogP contribution is 2.35. The van der Waals surface area contributed by atoms with Gasteiger partial charge >= 0.3 is 6.09 Å². The molecule has 0 aliphatic carbocycles. The molecule has 0 radical (unpaired) electrons. The van der Waals surface area contributed by atoms with Gasteiger partial charge in [-0.2, -0.15) is 0 Å². The van der Waals surface area contributed by atoms with Gasteiger partial charge in [0.05, 0.1) is 6.54 Å². The first-order valence-electron chi connectivity index (χ1n) is 11.7. The summed E-state index contributed by atoms with van der Waals surface area (Å²) < 4.78 is 10.6. The normalized spacial score (nSPS) is 20.6. The predicted octanol–water partition coefficient (Wildman–Crippen LogP) is 2.42. The van der Waals surface area contributed by atoms with Crippen LogP contribution in [0.1, 0.15) is 22.8 Å². The fourth-order valence-corrected chi connectivity index (χ4v) is 4.38. The van der Waals surface area contributed by atoms with E-state index in [1.54, 1.807) is 24.3 Å². The van der Waals surface area contributed by atoms with E-state index >= 15 is 0 Å². The summed E-state index contributed by atoms with van der Waals surface area (Å²) in [6, 6.07) is 14.1. The Bertz CT molecular complexity index is 1050. The van der Waals surface area contributed by atoms with Crippen molar-refractivity contribution in [3.05, 3.63) is 65.2 Å². The molecule has 4 rings (SSSR count). The minimum atomic E-state index is -0.777. The maximum atomic E-state index is 13.7. The highest BCUT2D eigenvalue weighted by molar-refractivity contribution is 5.92. The van der Waals surface area contributed by atoms with Crippen LogP contribution in [0.15, 0.2) is 48.5 Å². The van der Waals surface area contributed by atoms with E-state index in [0.29, 0.717) is 24.3 Å². The Morgan fingerprint density at radius 2 is 1.69 bits per heavy atom. The molecule has 2 unspecified atom stereocenters. The van der Waals surface area contributed by atoms with Gasteiger partial charge in [0.1, 0.15) is 6.61 Å². The fourth-order valence-electron chi connectivity index (χ4n) is 4.38. The van der Waals surface area contributed by atoms with Gasteiger partial charge in [-0.25, -0.2) is 4.79 Å². The number of ether oxygens (including phenoxy) is 2. The lowest BCUT2D eigenvalue weighted by atomic mass is 9.99. The Balaban J connectivity index is 1.59. The number of aryl methyl sites for hydroxylation is 1. The first-order chi connectivity index (χ1) is 16.9. The Kier molecular flexibility index (Phi) is 7.67. The number of anilines is 1. The molecule has 1 N–H and O–H groups in total. The monoisotopic (exact) mass is 480 g/mol. The number of methoxy groups -OCH3 is 1. The molecule has 0 bridgehead atoms. The van der Waals surface area contributed by atoms with Gasteiger partial charge in [-0.3, -0.25) is 14.5 Å². The minimum absolute atomic E-state index is 0.0441. The van der Waals surface area contributed by atoms with E-state index in [4.69, 9.17) is 9.47 Å². The molecular formula is C26H32N4O5. The predicted molar refractivity (Wildman–Crippen MR) is 131 cm³/mol. The van der Waals surface area contributed by atoms with Crippen LogP contribution in [-0.2, 0) is 25.6 Å². The molecule has 0 saturated carbocycles. The van der Waals surface area contributed by atoms with Crippen LogP contribution in [0.5, 0.6) is 0 Å². The highest BCUT2D eigenvalue weighted by atomic mass is 16.6. The lowest BCUT2D eigenvalue weighted by Gasteiger charge is -2.36. The van der Waals surface area contributed by atoms with Crippen LogP contribution < -0.4 is 5.32 Å². The van der Waals surface area contributed by atoms with Crippen molar-refractivity contribution in [3.8, 4) is 0 Å². The summed E-state index contributed by atoms with van der Waals surface area (Å²) >= 11 is 0. The molecule has 9 heteroatoms. The van der Waals surface area contributed by atoms with Crippen LogP contribution in [0.25, 0.3) is 0 Å². The second kappa shape index (κ2) is 10.9. The lowest BCUT2D eigenvalue weighted by molar-refractivity contribution is -0.138. The number of hydrogen-bond acceptors (Lipinski definition) is 6. The molecule has 186 valence electrons. The van der Waals surface area contributed by atoms with Gasteiger partial charge in [0.2, 0.25) is 11.8 Å². The molecule has 2 heterocycles. The highest BCUT2D eigenvalue weighted by Gasteiger charge is 2.48. The van der Waals surface area contributed by atoms with E-state index in [9.17, 15) is 14.4 Å². The van der Waals surface area contributed by atoms with Gasteiger partial charge in [0.15, 0.2) is 12.1 Å². The molecule has 2 aromatic rings. The van der Waals surface area contributed by atoms with Gasteiger partial charge in [-0.1, -0.05) is 42.0 Å². The number of rotatable bonds is 7. The van der Waals surface area contributed by atoms with Crippen molar-refractivity contribution in [1.82, 2.24) is 14.7 Å². The van der Waals surface area contributed by atoms with Gasteiger partial charge in [-0.05, 0) is 37.2 Å². The van der Waals surface area contributed by atoms with Crippen molar-refractivity contribution >= 4 is 23.6 Å². The standard InChI is InChI=1S/C26H32N4O5/c1-18-4-6-19(7-5-18)16-30-23(25(32)29-14-12-28(2)13-15-29)24(35-26(30)33)20-8-10-21(11-9-20)27-22(31)17-34-3/h4-11,23-24H,12-17H2,1-3H3,(H,27,31). The zero-order valence-electron chi connectivity index (χ0n) is 20.4. The Morgan fingerprint density at radius 1 is 1.03 bits per heavy atom. The van der Waals surface area contributed by atoms with Crippen molar-refractivity contribution in [3.63, 3.8) is 0 Å². The molecule has 2 aliphatic heterocycles. The van der Waals surface area contributed by atoms with Crippen molar-refractivity contribution in [2.75, 3.05) is 52.3 Å². The average Bonchev–Trinajstić information content (AvgIpc) is 3.17. The maximum absolute atomic E-state index is 13.7. The number of hydrogen-bond donors (Lipinski definition) is 1. The van der Waals surface area contributed by atoms with Crippen LogP contribution in [-0.4, -0.2) is 85.6 Å². The van der Waals surface area contributed by atoms with E-state index in [1.807, 2.05) is 43.1 Å². The molecule has 3 amide bonds. The number of nitrogens with zero attached hydrogens (tertiary/aromatic N) is 3. The number of cyclic esters (lactones) is 1. The van der Waals surface area contributed by atoms with Gasteiger partial charge in [0.25, 0.3) is 0 Å². The summed E-state index contributed by atoms with van der Waals surface area (Å²) in [5, 5.41) is 2.74. The quantitative estimate of drug-likeness (QED) is 0.655. The first-order valence-corrected chi connectivity index (χ1v) is 11.7. The molecule has 0 spiro atoms. The molecule has 2 aromatic carbocycles. The van der Waals surface area contributed by atoms with Crippen molar-refractivity contribution < 1.29 is 23.9 Å². The van der Waals surface area contributed by atoms with Crippen LogP contribution in [0.3, 0.4) is 0 Å². The second-order valence-electron chi connectivity index (χ2n) is 9.09. The fraction of sp³-hybridized carbons (Fsp3) is 0.423. The van der Waals surface area contributed by atoms with E-state index in [1.165, 1.54) is 12.0 Å². The number of benzene rings is 2. The summed E-state index contributed by atoms with van der Waals surface area (Å²) in [6.45, 7) is 5.02.